The van der Waals surface area contributed by atoms with Gasteiger partial charge in [0, 0.05) is 25.3 Å². The van der Waals surface area contributed by atoms with Gasteiger partial charge in [0.25, 0.3) is 0 Å². The van der Waals surface area contributed by atoms with Crippen molar-refractivity contribution in [1.82, 2.24) is 5.32 Å². The van der Waals surface area contributed by atoms with Gasteiger partial charge in [-0.3, -0.25) is 0 Å². The summed E-state index contributed by atoms with van der Waals surface area (Å²) in [6.45, 7) is 7.71. The maximum Gasteiger partial charge on any atom is 0.124 e. The van der Waals surface area contributed by atoms with Crippen molar-refractivity contribution in [2.75, 3.05) is 13.7 Å². The van der Waals surface area contributed by atoms with Crippen molar-refractivity contribution in [1.29, 1.82) is 0 Å². The summed E-state index contributed by atoms with van der Waals surface area (Å²) < 4.78 is 10.9. The second-order valence-electron chi connectivity index (χ2n) is 4.53. The van der Waals surface area contributed by atoms with E-state index in [-0.39, 0.29) is 6.10 Å². The van der Waals surface area contributed by atoms with Gasteiger partial charge in [0.1, 0.15) is 11.9 Å². The number of ether oxygens (including phenoxy) is 2. The molecule has 0 aromatic heterocycles. The van der Waals surface area contributed by atoms with Crippen molar-refractivity contribution in [3.63, 3.8) is 0 Å². The van der Waals surface area contributed by atoms with Crippen LogP contribution in [0.1, 0.15) is 26.3 Å². The average Bonchev–Trinajstić information content (AvgIpc) is 2.28. The SMILES string of the molecule is COCC(C)Oc1ccccc1CNC(C)C. The molecule has 1 rings (SSSR count). The molecule has 0 bridgehead atoms. The molecule has 3 heteroatoms. The van der Waals surface area contributed by atoms with Crippen LogP contribution < -0.4 is 10.1 Å². The van der Waals surface area contributed by atoms with Crippen molar-refractivity contribution < 1.29 is 9.47 Å². The third-order valence-corrected chi connectivity index (χ3v) is 2.40. The molecule has 1 N–H and O–H groups in total. The lowest BCUT2D eigenvalue weighted by Crippen LogP contribution is -2.23. The summed E-state index contributed by atoms with van der Waals surface area (Å²) in [6, 6.07) is 8.59. The van der Waals surface area contributed by atoms with E-state index in [1.807, 2.05) is 25.1 Å². The van der Waals surface area contributed by atoms with Crippen molar-refractivity contribution in [3.05, 3.63) is 29.8 Å². The Bertz CT molecular complexity index is 326. The predicted molar refractivity (Wildman–Crippen MR) is 70.4 cm³/mol. The average molecular weight is 237 g/mol. The molecule has 0 radical (unpaired) electrons. The fourth-order valence-corrected chi connectivity index (χ4v) is 1.56. The molecule has 3 nitrogen and oxygen atoms in total. The largest absolute Gasteiger partial charge is 0.488 e. The first-order chi connectivity index (χ1) is 8.13. The first-order valence-corrected chi connectivity index (χ1v) is 6.10. The van der Waals surface area contributed by atoms with Crippen LogP contribution in [0, 0.1) is 0 Å². The molecule has 96 valence electrons. The van der Waals surface area contributed by atoms with Crippen LogP contribution in [-0.2, 0) is 11.3 Å². The van der Waals surface area contributed by atoms with Crippen LogP contribution in [0.25, 0.3) is 0 Å². The zero-order valence-corrected chi connectivity index (χ0v) is 11.2. The van der Waals surface area contributed by atoms with Gasteiger partial charge in [0.05, 0.1) is 6.61 Å². The number of para-hydroxylation sites is 1. The van der Waals surface area contributed by atoms with E-state index >= 15 is 0 Å². The summed E-state index contributed by atoms with van der Waals surface area (Å²) in [5, 5.41) is 3.40. The van der Waals surface area contributed by atoms with Gasteiger partial charge in [-0.2, -0.15) is 0 Å². The van der Waals surface area contributed by atoms with Crippen LogP contribution in [0.4, 0.5) is 0 Å². The van der Waals surface area contributed by atoms with E-state index in [4.69, 9.17) is 9.47 Å². The molecule has 0 aliphatic carbocycles. The van der Waals surface area contributed by atoms with Crippen LogP contribution in [0.5, 0.6) is 5.75 Å². The lowest BCUT2D eigenvalue weighted by atomic mass is 10.2. The fraction of sp³-hybridized carbons (Fsp3) is 0.571. The highest BCUT2D eigenvalue weighted by Crippen LogP contribution is 2.19. The third kappa shape index (κ3) is 5.20. The van der Waals surface area contributed by atoms with Gasteiger partial charge in [-0.25, -0.2) is 0 Å². The number of nitrogens with one attached hydrogen (secondary N) is 1. The normalized spacial score (nSPS) is 12.8. The van der Waals surface area contributed by atoms with Crippen LogP contribution >= 0.6 is 0 Å². The maximum atomic E-state index is 5.85. The van der Waals surface area contributed by atoms with Gasteiger partial charge in [-0.1, -0.05) is 32.0 Å². The lowest BCUT2D eigenvalue weighted by Gasteiger charge is -2.17. The van der Waals surface area contributed by atoms with Crippen molar-refractivity contribution in [3.8, 4) is 5.75 Å². The van der Waals surface area contributed by atoms with E-state index in [1.165, 1.54) is 5.56 Å². The minimum atomic E-state index is 0.0696. The summed E-state index contributed by atoms with van der Waals surface area (Å²) in [6.07, 6.45) is 0.0696. The van der Waals surface area contributed by atoms with Crippen molar-refractivity contribution >= 4 is 0 Å². The van der Waals surface area contributed by atoms with Crippen molar-refractivity contribution in [2.24, 2.45) is 0 Å². The highest BCUT2D eigenvalue weighted by Gasteiger charge is 2.07. The van der Waals surface area contributed by atoms with Crippen LogP contribution in [0.15, 0.2) is 24.3 Å². The molecule has 1 aromatic rings. The molecular weight excluding hydrogens is 214 g/mol. The molecule has 17 heavy (non-hydrogen) atoms. The Labute approximate surface area is 104 Å². The van der Waals surface area contributed by atoms with Gasteiger partial charge >= 0.3 is 0 Å². The minimum absolute atomic E-state index is 0.0696. The summed E-state index contributed by atoms with van der Waals surface area (Å²) in [7, 11) is 1.69. The van der Waals surface area contributed by atoms with E-state index in [9.17, 15) is 0 Å². The van der Waals surface area contributed by atoms with Gasteiger partial charge in [-0.15, -0.1) is 0 Å². The molecule has 0 heterocycles. The fourth-order valence-electron chi connectivity index (χ4n) is 1.56. The maximum absolute atomic E-state index is 5.85. The van der Waals surface area contributed by atoms with Crippen LogP contribution in [-0.4, -0.2) is 25.9 Å². The van der Waals surface area contributed by atoms with Gasteiger partial charge in [0.2, 0.25) is 0 Å². The Morgan fingerprint density at radius 2 is 1.88 bits per heavy atom. The van der Waals surface area contributed by atoms with E-state index in [2.05, 4.69) is 25.2 Å². The monoisotopic (exact) mass is 237 g/mol. The van der Waals surface area contributed by atoms with Crippen molar-refractivity contribution in [2.45, 2.75) is 39.5 Å². The molecule has 0 aliphatic rings. The molecule has 1 aromatic carbocycles. The Hall–Kier alpha value is -1.06. The number of hydrogen-bond donors (Lipinski definition) is 1. The smallest absolute Gasteiger partial charge is 0.124 e. The van der Waals surface area contributed by atoms with Gasteiger partial charge in [-0.05, 0) is 13.0 Å². The Balaban J connectivity index is 2.63. The first-order valence-electron chi connectivity index (χ1n) is 6.10. The quantitative estimate of drug-likeness (QED) is 0.790. The molecule has 1 atom stereocenters. The number of hydrogen-bond acceptors (Lipinski definition) is 3. The zero-order chi connectivity index (χ0) is 12.7. The summed E-state index contributed by atoms with van der Waals surface area (Å²) >= 11 is 0. The topological polar surface area (TPSA) is 30.5 Å². The van der Waals surface area contributed by atoms with Crippen LogP contribution in [0.2, 0.25) is 0 Å². The van der Waals surface area contributed by atoms with Gasteiger partial charge < -0.3 is 14.8 Å². The van der Waals surface area contributed by atoms with Gasteiger partial charge in [0.15, 0.2) is 0 Å². The summed E-state index contributed by atoms with van der Waals surface area (Å²) in [4.78, 5) is 0. The van der Waals surface area contributed by atoms with E-state index < -0.39 is 0 Å². The van der Waals surface area contributed by atoms with Crippen LogP contribution in [0.3, 0.4) is 0 Å². The predicted octanol–water partition coefficient (Wildman–Crippen LogP) is 2.60. The highest BCUT2D eigenvalue weighted by molar-refractivity contribution is 5.33. The number of benzene rings is 1. The zero-order valence-electron chi connectivity index (χ0n) is 11.2. The molecule has 0 saturated heterocycles. The van der Waals surface area contributed by atoms with E-state index in [1.54, 1.807) is 7.11 Å². The lowest BCUT2D eigenvalue weighted by molar-refractivity contribution is 0.0913. The molecule has 0 amide bonds. The Morgan fingerprint density at radius 3 is 2.53 bits per heavy atom. The first kappa shape index (κ1) is 14.0. The molecule has 0 fully saturated rings. The second-order valence-corrected chi connectivity index (χ2v) is 4.53. The number of rotatable bonds is 7. The summed E-state index contributed by atoms with van der Waals surface area (Å²) in [5.74, 6) is 0.935. The molecule has 0 saturated carbocycles. The second kappa shape index (κ2) is 7.30. The molecule has 1 unspecified atom stereocenters. The minimum Gasteiger partial charge on any atom is -0.488 e. The molecule has 0 aliphatic heterocycles. The molecular formula is C14H23NO2. The van der Waals surface area contributed by atoms with E-state index in [0.29, 0.717) is 12.6 Å². The number of methoxy groups -OCH3 is 1. The highest BCUT2D eigenvalue weighted by atomic mass is 16.5. The third-order valence-electron chi connectivity index (χ3n) is 2.40. The summed E-state index contributed by atoms with van der Waals surface area (Å²) in [5.41, 5.74) is 1.18. The standard InChI is InChI=1S/C14H23NO2/c1-11(2)15-9-13-7-5-6-8-14(13)17-12(3)10-16-4/h5-8,11-12,15H,9-10H2,1-4H3. The Kier molecular flexibility index (Phi) is 6.01. The molecule has 0 spiro atoms. The van der Waals surface area contributed by atoms with E-state index in [0.717, 1.165) is 12.3 Å². The Morgan fingerprint density at radius 1 is 1.18 bits per heavy atom.